The van der Waals surface area contributed by atoms with Crippen molar-refractivity contribution in [3.05, 3.63) is 78.0 Å². The number of anilines is 1. The van der Waals surface area contributed by atoms with E-state index >= 15 is 0 Å². The molecule has 2 aliphatic rings. The summed E-state index contributed by atoms with van der Waals surface area (Å²) in [4.78, 5) is 16.8. The molecule has 1 fully saturated rings. The van der Waals surface area contributed by atoms with Crippen molar-refractivity contribution in [3.63, 3.8) is 0 Å². The molecule has 1 atom stereocenters. The molecule has 0 bridgehead atoms. The number of Topliss-reactive ketones (excluding diaryl/α,β-unsaturated/α-hetero) is 1. The maximum atomic E-state index is 12.2. The normalized spacial score (nSPS) is 16.5. The van der Waals surface area contributed by atoms with E-state index in [1.54, 1.807) is 7.11 Å². The van der Waals surface area contributed by atoms with Gasteiger partial charge in [-0.2, -0.15) is 5.10 Å². The molecule has 1 N–H and O–H groups in total. The van der Waals surface area contributed by atoms with Crippen LogP contribution in [0.25, 0.3) is 11.3 Å². The Bertz CT molecular complexity index is 1200. The first kappa shape index (κ1) is 26.9. The molecule has 37 heavy (non-hydrogen) atoms. The van der Waals surface area contributed by atoms with Gasteiger partial charge in [0, 0.05) is 67.4 Å². The molecule has 3 aromatic rings. The van der Waals surface area contributed by atoms with E-state index in [9.17, 15) is 9.90 Å². The predicted molar refractivity (Wildman–Crippen MR) is 149 cm³/mol. The standard InChI is InChI=1S/C27H31ClN4O3.C2H4/c1-35-26-5-3-2-4-25(26)31-14-12-30(13-15-31)17-22(34)18-32-24-11-10-21(33)16-23(24)27(29-32)19-6-8-20(28)9-7-19;1-2/h2-9,22,34H,10-18H2,1H3;1-2H2. The summed E-state index contributed by atoms with van der Waals surface area (Å²) in [6, 6.07) is 15.6. The number of aromatic nitrogens is 2. The second-order valence-corrected chi connectivity index (χ2v) is 9.73. The SMILES string of the molecule is C=C.COc1ccccc1N1CCN(CC(O)Cn2nc(-c3ccc(Cl)cc3)c3c2CCC(=O)C3)CC1. The van der Waals surface area contributed by atoms with Crippen LogP contribution in [0.3, 0.4) is 0 Å². The van der Waals surface area contributed by atoms with Crippen LogP contribution in [-0.4, -0.2) is 71.5 Å². The van der Waals surface area contributed by atoms with Crippen molar-refractivity contribution in [2.45, 2.75) is 31.9 Å². The van der Waals surface area contributed by atoms with Gasteiger partial charge in [0.25, 0.3) is 0 Å². The topological polar surface area (TPSA) is 70.8 Å². The summed E-state index contributed by atoms with van der Waals surface area (Å²) in [5.74, 6) is 1.13. The zero-order valence-corrected chi connectivity index (χ0v) is 22.2. The van der Waals surface area contributed by atoms with Crippen molar-refractivity contribution in [2.24, 2.45) is 0 Å². The average molecular weight is 523 g/mol. The van der Waals surface area contributed by atoms with E-state index in [1.165, 1.54) is 0 Å². The molecule has 0 radical (unpaired) electrons. The molecule has 1 aromatic heterocycles. The number of benzene rings is 2. The number of hydrogen-bond donors (Lipinski definition) is 1. The molecule has 1 unspecified atom stereocenters. The molecule has 0 spiro atoms. The fourth-order valence-corrected chi connectivity index (χ4v) is 5.28. The second kappa shape index (κ2) is 12.4. The fraction of sp³-hybridized carbons (Fsp3) is 0.379. The number of carbonyl (C=O) groups excluding carboxylic acids is 1. The number of nitrogens with zero attached hydrogens (tertiary/aromatic N) is 4. The van der Waals surface area contributed by atoms with Crippen LogP contribution in [0.15, 0.2) is 61.7 Å². The lowest BCUT2D eigenvalue weighted by atomic mass is 9.92. The van der Waals surface area contributed by atoms with Gasteiger partial charge in [0.05, 0.1) is 31.1 Å². The van der Waals surface area contributed by atoms with Crippen LogP contribution in [0.2, 0.25) is 5.02 Å². The molecule has 2 heterocycles. The maximum Gasteiger partial charge on any atom is 0.142 e. The summed E-state index contributed by atoms with van der Waals surface area (Å²) < 4.78 is 7.43. The van der Waals surface area contributed by atoms with Crippen molar-refractivity contribution in [1.82, 2.24) is 14.7 Å². The quantitative estimate of drug-likeness (QED) is 0.468. The number of rotatable bonds is 7. The zero-order valence-electron chi connectivity index (χ0n) is 21.4. The predicted octanol–water partition coefficient (Wildman–Crippen LogP) is 4.26. The molecule has 0 amide bonds. The lowest BCUT2D eigenvalue weighted by Crippen LogP contribution is -2.49. The summed E-state index contributed by atoms with van der Waals surface area (Å²) in [6.07, 6.45) is 1.04. The number of methoxy groups -OCH3 is 1. The Morgan fingerprint density at radius 3 is 2.43 bits per heavy atom. The largest absolute Gasteiger partial charge is 0.495 e. The summed E-state index contributed by atoms with van der Waals surface area (Å²) in [7, 11) is 1.70. The summed E-state index contributed by atoms with van der Waals surface area (Å²) in [6.45, 7) is 10.5. The van der Waals surface area contributed by atoms with E-state index in [1.807, 2.05) is 47.1 Å². The first-order chi connectivity index (χ1) is 18.0. The minimum absolute atomic E-state index is 0.237. The van der Waals surface area contributed by atoms with Gasteiger partial charge in [-0.25, -0.2) is 0 Å². The van der Waals surface area contributed by atoms with E-state index in [4.69, 9.17) is 21.4 Å². The molecule has 1 saturated heterocycles. The number of ketones is 1. The molecule has 1 aliphatic carbocycles. The van der Waals surface area contributed by atoms with Gasteiger partial charge in [0.2, 0.25) is 0 Å². The molecule has 1 aliphatic heterocycles. The van der Waals surface area contributed by atoms with E-state index < -0.39 is 6.10 Å². The zero-order chi connectivity index (χ0) is 26.4. The van der Waals surface area contributed by atoms with Crippen molar-refractivity contribution in [3.8, 4) is 17.0 Å². The Hall–Kier alpha value is -3.13. The van der Waals surface area contributed by atoms with Crippen LogP contribution in [0, 0.1) is 0 Å². The summed E-state index contributed by atoms with van der Waals surface area (Å²) in [5, 5.41) is 16.5. The van der Waals surface area contributed by atoms with Crippen molar-refractivity contribution in [1.29, 1.82) is 0 Å². The Morgan fingerprint density at radius 1 is 1.03 bits per heavy atom. The van der Waals surface area contributed by atoms with Crippen molar-refractivity contribution >= 4 is 23.1 Å². The number of aliphatic hydroxyl groups excluding tert-OH is 1. The highest BCUT2D eigenvalue weighted by Gasteiger charge is 2.27. The highest BCUT2D eigenvalue weighted by molar-refractivity contribution is 6.30. The third-order valence-corrected chi connectivity index (χ3v) is 7.20. The summed E-state index contributed by atoms with van der Waals surface area (Å²) >= 11 is 6.06. The first-order valence-electron chi connectivity index (χ1n) is 12.7. The fourth-order valence-electron chi connectivity index (χ4n) is 5.15. The van der Waals surface area contributed by atoms with Gasteiger partial charge >= 0.3 is 0 Å². The van der Waals surface area contributed by atoms with Gasteiger partial charge in [-0.05, 0) is 30.7 Å². The van der Waals surface area contributed by atoms with Crippen LogP contribution in [0.1, 0.15) is 17.7 Å². The number of aliphatic hydroxyl groups is 1. The molecule has 7 nitrogen and oxygen atoms in total. The number of fused-ring (bicyclic) bond motifs is 1. The molecule has 196 valence electrons. The number of para-hydroxylation sites is 2. The highest BCUT2D eigenvalue weighted by Crippen LogP contribution is 2.31. The maximum absolute atomic E-state index is 12.2. The second-order valence-electron chi connectivity index (χ2n) is 9.29. The minimum Gasteiger partial charge on any atom is -0.495 e. The molecular formula is C29H35ClN4O3. The van der Waals surface area contributed by atoms with Gasteiger partial charge in [-0.3, -0.25) is 14.4 Å². The van der Waals surface area contributed by atoms with E-state index in [0.29, 0.717) is 37.4 Å². The van der Waals surface area contributed by atoms with Gasteiger partial charge in [0.1, 0.15) is 11.5 Å². The third-order valence-electron chi connectivity index (χ3n) is 6.95. The van der Waals surface area contributed by atoms with Crippen LogP contribution in [0.4, 0.5) is 5.69 Å². The highest BCUT2D eigenvalue weighted by atomic mass is 35.5. The van der Waals surface area contributed by atoms with Crippen molar-refractivity contribution in [2.75, 3.05) is 44.7 Å². The van der Waals surface area contributed by atoms with E-state index in [-0.39, 0.29) is 5.78 Å². The lowest BCUT2D eigenvalue weighted by molar-refractivity contribution is -0.118. The van der Waals surface area contributed by atoms with Crippen molar-refractivity contribution < 1.29 is 14.6 Å². The average Bonchev–Trinajstić information content (AvgIpc) is 3.27. The minimum atomic E-state index is -0.549. The molecule has 8 heteroatoms. The van der Waals surface area contributed by atoms with Gasteiger partial charge in [0.15, 0.2) is 0 Å². The first-order valence-corrected chi connectivity index (χ1v) is 13.0. The van der Waals surface area contributed by atoms with Crippen LogP contribution in [0.5, 0.6) is 5.75 Å². The molecule has 2 aromatic carbocycles. The molecule has 0 saturated carbocycles. The Kier molecular flexibility index (Phi) is 9.03. The summed E-state index contributed by atoms with van der Waals surface area (Å²) in [5.41, 5.74) is 4.93. The third kappa shape index (κ3) is 6.24. The van der Waals surface area contributed by atoms with Crippen LogP contribution >= 0.6 is 11.6 Å². The van der Waals surface area contributed by atoms with E-state index in [2.05, 4.69) is 29.0 Å². The Morgan fingerprint density at radius 2 is 1.73 bits per heavy atom. The smallest absolute Gasteiger partial charge is 0.142 e. The van der Waals surface area contributed by atoms with Gasteiger partial charge in [-0.1, -0.05) is 35.9 Å². The Balaban J connectivity index is 0.00000156. The van der Waals surface area contributed by atoms with Gasteiger partial charge in [-0.15, -0.1) is 13.2 Å². The number of carbonyl (C=O) groups is 1. The number of β-amino-alcohol motifs (C(OH)–C–C–N with tert-alkyl or cyclic N) is 1. The number of piperazine rings is 1. The monoisotopic (exact) mass is 522 g/mol. The number of ether oxygens (including phenoxy) is 1. The molecule has 5 rings (SSSR count). The number of hydrogen-bond acceptors (Lipinski definition) is 6. The van der Waals surface area contributed by atoms with E-state index in [0.717, 1.165) is 60.1 Å². The van der Waals surface area contributed by atoms with Crippen LogP contribution < -0.4 is 9.64 Å². The molecular weight excluding hydrogens is 488 g/mol. The Labute approximate surface area is 223 Å². The van der Waals surface area contributed by atoms with Gasteiger partial charge < -0.3 is 14.7 Å². The number of halogens is 1. The van der Waals surface area contributed by atoms with Crippen LogP contribution in [-0.2, 0) is 24.2 Å². The lowest BCUT2D eigenvalue weighted by Gasteiger charge is -2.37.